The smallest absolute Gasteiger partial charge is 0.268 e. The summed E-state index contributed by atoms with van der Waals surface area (Å²) in [6, 6.07) is 9.32. The standard InChI is InChI=1S/C20H25ClN4O6S/c1-24(2)32(30,31)12-9-22-19(28)17-8-7-16(20(29)25(17)10-11-26)18(27)23-13-14-3-5-15(21)6-4-14/h3-8,26H,9-13H2,1-2H3,(H,22,28)(H,23,27). The van der Waals surface area contributed by atoms with Crippen LogP contribution in [0.15, 0.2) is 41.2 Å². The number of halogens is 1. The largest absolute Gasteiger partial charge is 0.395 e. The molecule has 12 heteroatoms. The minimum absolute atomic E-state index is 0.0967. The highest BCUT2D eigenvalue weighted by molar-refractivity contribution is 7.89. The number of hydrogen-bond donors (Lipinski definition) is 3. The van der Waals surface area contributed by atoms with Crippen molar-refractivity contribution in [3.05, 3.63) is 68.6 Å². The minimum atomic E-state index is -3.50. The number of carbonyl (C=O) groups is 2. The Kier molecular flexibility index (Phi) is 8.96. The number of nitrogens with one attached hydrogen (secondary N) is 2. The summed E-state index contributed by atoms with van der Waals surface area (Å²) in [6.07, 6.45) is 0. The van der Waals surface area contributed by atoms with Crippen LogP contribution in [-0.2, 0) is 23.1 Å². The predicted octanol–water partition coefficient (Wildman–Crippen LogP) is 0.0452. The van der Waals surface area contributed by atoms with Crippen molar-refractivity contribution in [1.29, 1.82) is 0 Å². The van der Waals surface area contributed by atoms with Crippen LogP contribution in [0, 0.1) is 0 Å². The molecule has 10 nitrogen and oxygen atoms in total. The second-order valence-electron chi connectivity index (χ2n) is 6.98. The van der Waals surface area contributed by atoms with Crippen LogP contribution < -0.4 is 16.2 Å². The average molecular weight is 485 g/mol. The van der Waals surface area contributed by atoms with E-state index in [4.69, 9.17) is 11.6 Å². The molecule has 0 radical (unpaired) electrons. The summed E-state index contributed by atoms with van der Waals surface area (Å²) in [7, 11) is -0.741. The van der Waals surface area contributed by atoms with Crippen molar-refractivity contribution in [2.45, 2.75) is 13.1 Å². The Hall–Kier alpha value is -2.73. The van der Waals surface area contributed by atoms with Crippen molar-refractivity contribution in [2.75, 3.05) is 33.0 Å². The lowest BCUT2D eigenvalue weighted by Crippen LogP contribution is -2.39. The summed E-state index contributed by atoms with van der Waals surface area (Å²) in [5.74, 6) is -1.65. The zero-order chi connectivity index (χ0) is 23.9. The van der Waals surface area contributed by atoms with Gasteiger partial charge in [-0.25, -0.2) is 12.7 Å². The summed E-state index contributed by atoms with van der Waals surface area (Å²) in [4.78, 5) is 37.8. The molecule has 0 spiro atoms. The molecule has 0 saturated heterocycles. The third kappa shape index (κ3) is 6.63. The number of nitrogens with zero attached hydrogens (tertiary/aromatic N) is 2. The third-order valence-corrected chi connectivity index (χ3v) is 6.63. The molecule has 1 heterocycles. The van der Waals surface area contributed by atoms with Crippen molar-refractivity contribution < 1.29 is 23.1 Å². The van der Waals surface area contributed by atoms with Gasteiger partial charge in [0.05, 0.1) is 12.4 Å². The molecule has 174 valence electrons. The van der Waals surface area contributed by atoms with Gasteiger partial charge in [-0.1, -0.05) is 23.7 Å². The number of aromatic nitrogens is 1. The van der Waals surface area contributed by atoms with E-state index in [0.29, 0.717) is 5.02 Å². The molecule has 1 aromatic carbocycles. The normalized spacial score (nSPS) is 11.4. The molecular formula is C20H25ClN4O6S. The Labute approximate surface area is 190 Å². The maximum Gasteiger partial charge on any atom is 0.268 e. The molecule has 0 unspecified atom stereocenters. The van der Waals surface area contributed by atoms with E-state index in [9.17, 15) is 27.9 Å². The quantitative estimate of drug-likeness (QED) is 0.435. The topological polar surface area (TPSA) is 138 Å². The van der Waals surface area contributed by atoms with Crippen LogP contribution in [0.5, 0.6) is 0 Å². The highest BCUT2D eigenvalue weighted by Crippen LogP contribution is 2.09. The number of carbonyl (C=O) groups excluding carboxylic acids is 2. The molecule has 0 bridgehead atoms. The van der Waals surface area contributed by atoms with Crippen LogP contribution in [0.4, 0.5) is 0 Å². The Morgan fingerprint density at radius 1 is 1.06 bits per heavy atom. The molecule has 0 aliphatic heterocycles. The first-order valence-corrected chi connectivity index (χ1v) is 11.6. The van der Waals surface area contributed by atoms with Crippen molar-refractivity contribution in [2.24, 2.45) is 0 Å². The fourth-order valence-corrected chi connectivity index (χ4v) is 3.57. The van der Waals surface area contributed by atoms with Crippen molar-refractivity contribution in [3.63, 3.8) is 0 Å². The molecule has 0 saturated carbocycles. The van der Waals surface area contributed by atoms with Crippen LogP contribution in [0.25, 0.3) is 0 Å². The average Bonchev–Trinajstić information content (AvgIpc) is 2.74. The van der Waals surface area contributed by atoms with Gasteiger partial charge in [0.1, 0.15) is 11.3 Å². The molecule has 2 rings (SSSR count). The highest BCUT2D eigenvalue weighted by Gasteiger charge is 2.20. The van der Waals surface area contributed by atoms with E-state index in [2.05, 4.69) is 10.6 Å². The molecular weight excluding hydrogens is 460 g/mol. The van der Waals surface area contributed by atoms with E-state index < -0.39 is 34.0 Å². The van der Waals surface area contributed by atoms with E-state index in [-0.39, 0.29) is 36.6 Å². The van der Waals surface area contributed by atoms with E-state index in [0.717, 1.165) is 14.4 Å². The minimum Gasteiger partial charge on any atom is -0.395 e. The highest BCUT2D eigenvalue weighted by atomic mass is 35.5. The zero-order valence-electron chi connectivity index (χ0n) is 17.7. The molecule has 0 aliphatic carbocycles. The maximum absolute atomic E-state index is 12.8. The molecule has 1 aromatic heterocycles. The Morgan fingerprint density at radius 3 is 2.31 bits per heavy atom. The van der Waals surface area contributed by atoms with E-state index in [1.165, 1.54) is 26.2 Å². The number of benzene rings is 1. The summed E-state index contributed by atoms with van der Waals surface area (Å²) in [6.45, 7) is -0.658. The SMILES string of the molecule is CN(C)S(=O)(=O)CCNC(=O)c1ccc(C(=O)NCc2ccc(Cl)cc2)c(=O)n1CCO. The van der Waals surface area contributed by atoms with Gasteiger partial charge < -0.3 is 20.3 Å². The lowest BCUT2D eigenvalue weighted by molar-refractivity contribution is 0.0929. The second kappa shape index (κ2) is 11.2. The Morgan fingerprint density at radius 2 is 1.72 bits per heavy atom. The van der Waals surface area contributed by atoms with Gasteiger partial charge in [-0.3, -0.25) is 14.4 Å². The summed E-state index contributed by atoms with van der Waals surface area (Å²) >= 11 is 5.83. The first kappa shape index (κ1) is 25.5. The number of pyridine rings is 1. The molecule has 3 N–H and O–H groups in total. The van der Waals surface area contributed by atoms with Crippen molar-refractivity contribution >= 4 is 33.4 Å². The maximum atomic E-state index is 12.8. The number of sulfonamides is 1. The van der Waals surface area contributed by atoms with Crippen LogP contribution in [0.3, 0.4) is 0 Å². The fraction of sp³-hybridized carbons (Fsp3) is 0.350. The number of rotatable bonds is 10. The van der Waals surface area contributed by atoms with Crippen LogP contribution >= 0.6 is 11.6 Å². The molecule has 0 aliphatic rings. The van der Waals surface area contributed by atoms with Crippen LogP contribution in [0.1, 0.15) is 26.4 Å². The van der Waals surface area contributed by atoms with Crippen LogP contribution in [-0.4, -0.2) is 67.2 Å². The van der Waals surface area contributed by atoms with E-state index in [1.54, 1.807) is 24.3 Å². The molecule has 2 aromatic rings. The number of hydrogen-bond acceptors (Lipinski definition) is 6. The van der Waals surface area contributed by atoms with Gasteiger partial charge in [-0.05, 0) is 29.8 Å². The second-order valence-corrected chi connectivity index (χ2v) is 9.71. The van der Waals surface area contributed by atoms with Gasteiger partial charge >= 0.3 is 0 Å². The Bertz CT molecular complexity index is 1130. The fourth-order valence-electron chi connectivity index (χ4n) is 2.72. The third-order valence-electron chi connectivity index (χ3n) is 4.54. The summed E-state index contributed by atoms with van der Waals surface area (Å²) in [5, 5.41) is 14.9. The lowest BCUT2D eigenvalue weighted by Gasteiger charge is -2.15. The number of aliphatic hydroxyl groups excluding tert-OH is 1. The Balaban J connectivity index is 2.16. The van der Waals surface area contributed by atoms with Gasteiger partial charge in [0.25, 0.3) is 17.4 Å². The predicted molar refractivity (Wildman–Crippen MR) is 120 cm³/mol. The monoisotopic (exact) mass is 484 g/mol. The van der Waals surface area contributed by atoms with E-state index >= 15 is 0 Å². The lowest BCUT2D eigenvalue weighted by atomic mass is 10.2. The van der Waals surface area contributed by atoms with Gasteiger partial charge in [0.15, 0.2) is 0 Å². The van der Waals surface area contributed by atoms with Gasteiger partial charge in [-0.15, -0.1) is 0 Å². The first-order chi connectivity index (χ1) is 15.1. The number of amides is 2. The molecule has 2 amide bonds. The van der Waals surface area contributed by atoms with Crippen molar-refractivity contribution in [1.82, 2.24) is 19.5 Å². The van der Waals surface area contributed by atoms with Gasteiger partial charge in [0.2, 0.25) is 10.0 Å². The number of aliphatic hydroxyl groups is 1. The van der Waals surface area contributed by atoms with Crippen LogP contribution in [0.2, 0.25) is 5.02 Å². The summed E-state index contributed by atoms with van der Waals surface area (Å²) in [5.41, 5.74) is -0.261. The summed E-state index contributed by atoms with van der Waals surface area (Å²) < 4.78 is 25.6. The van der Waals surface area contributed by atoms with Gasteiger partial charge in [-0.2, -0.15) is 0 Å². The van der Waals surface area contributed by atoms with Gasteiger partial charge in [0, 0.05) is 38.8 Å². The molecule has 0 fully saturated rings. The molecule has 0 atom stereocenters. The first-order valence-electron chi connectivity index (χ1n) is 9.62. The zero-order valence-corrected chi connectivity index (χ0v) is 19.2. The van der Waals surface area contributed by atoms with Crippen molar-refractivity contribution in [3.8, 4) is 0 Å². The van der Waals surface area contributed by atoms with E-state index in [1.807, 2.05) is 0 Å². The molecule has 32 heavy (non-hydrogen) atoms.